The molecule has 2 rings (SSSR count). The van der Waals surface area contributed by atoms with Crippen LogP contribution in [0, 0.1) is 0 Å². The highest BCUT2D eigenvalue weighted by atomic mass is 79.9. The van der Waals surface area contributed by atoms with Gasteiger partial charge in [0.25, 0.3) is 0 Å². The Labute approximate surface area is 98.3 Å². The van der Waals surface area contributed by atoms with Crippen LogP contribution in [0.5, 0.6) is 0 Å². The molecule has 0 aliphatic carbocycles. The molecule has 0 radical (unpaired) electrons. The van der Waals surface area contributed by atoms with Crippen molar-refractivity contribution in [2.24, 2.45) is 0 Å². The summed E-state index contributed by atoms with van der Waals surface area (Å²) in [5.74, 6) is 0.927. The zero-order valence-corrected chi connectivity index (χ0v) is 10.1. The number of halogens is 1. The maximum atomic E-state index is 4.31. The number of pyridine rings is 1. The molecule has 4 heteroatoms. The Hall–Kier alpha value is -0.870. The van der Waals surface area contributed by atoms with Crippen molar-refractivity contribution in [1.82, 2.24) is 9.88 Å². The molecule has 0 saturated carbocycles. The van der Waals surface area contributed by atoms with E-state index in [4.69, 9.17) is 0 Å². The van der Waals surface area contributed by atoms with Crippen molar-refractivity contribution in [2.75, 3.05) is 31.5 Å². The van der Waals surface area contributed by atoms with Crippen LogP contribution in [0.3, 0.4) is 0 Å². The molecule has 0 saturated heterocycles. The van der Waals surface area contributed by atoms with Crippen LogP contribution in [0.4, 0.5) is 5.82 Å². The molecule has 0 unspecified atom stereocenters. The highest BCUT2D eigenvalue weighted by Crippen LogP contribution is 2.09. The second kappa shape index (κ2) is 5.28. The topological polar surface area (TPSA) is 28.2 Å². The van der Waals surface area contributed by atoms with Crippen LogP contribution in [0.15, 0.2) is 35.0 Å². The Morgan fingerprint density at radius 3 is 2.87 bits per heavy atom. The molecule has 0 fully saturated rings. The first-order valence-corrected chi connectivity index (χ1v) is 5.88. The Kier molecular flexibility index (Phi) is 3.75. The predicted octanol–water partition coefficient (Wildman–Crippen LogP) is 2.13. The van der Waals surface area contributed by atoms with Gasteiger partial charge in [-0.15, -0.1) is 0 Å². The SMILES string of the molecule is Brc1cccc(NCCN2CC=CC2)n1. The van der Waals surface area contributed by atoms with Crippen LogP contribution in [0.2, 0.25) is 0 Å². The van der Waals surface area contributed by atoms with Gasteiger partial charge in [0.1, 0.15) is 10.4 Å². The zero-order chi connectivity index (χ0) is 10.5. The first kappa shape index (κ1) is 10.6. The monoisotopic (exact) mass is 267 g/mol. The fraction of sp³-hybridized carbons (Fsp3) is 0.364. The van der Waals surface area contributed by atoms with E-state index in [-0.39, 0.29) is 0 Å². The number of rotatable bonds is 4. The molecule has 80 valence electrons. The highest BCUT2D eigenvalue weighted by Gasteiger charge is 2.04. The van der Waals surface area contributed by atoms with Crippen LogP contribution in [0.25, 0.3) is 0 Å². The maximum Gasteiger partial charge on any atom is 0.127 e. The molecule has 0 atom stereocenters. The second-order valence-electron chi connectivity index (χ2n) is 3.50. The van der Waals surface area contributed by atoms with E-state index < -0.39 is 0 Å². The Balaban J connectivity index is 1.73. The minimum Gasteiger partial charge on any atom is -0.369 e. The summed E-state index contributed by atoms with van der Waals surface area (Å²) in [7, 11) is 0. The van der Waals surface area contributed by atoms with E-state index in [1.807, 2.05) is 18.2 Å². The van der Waals surface area contributed by atoms with Crippen molar-refractivity contribution in [3.63, 3.8) is 0 Å². The van der Waals surface area contributed by atoms with Gasteiger partial charge in [0.15, 0.2) is 0 Å². The quantitative estimate of drug-likeness (QED) is 0.669. The second-order valence-corrected chi connectivity index (χ2v) is 4.32. The molecule has 2 heterocycles. The number of nitrogens with zero attached hydrogens (tertiary/aromatic N) is 2. The molecule has 3 nitrogen and oxygen atoms in total. The molecule has 1 aromatic heterocycles. The number of aromatic nitrogens is 1. The molecule has 1 N–H and O–H groups in total. The number of anilines is 1. The smallest absolute Gasteiger partial charge is 0.127 e. The van der Waals surface area contributed by atoms with Gasteiger partial charge in [-0.1, -0.05) is 18.2 Å². The number of nitrogens with one attached hydrogen (secondary N) is 1. The Morgan fingerprint density at radius 1 is 1.33 bits per heavy atom. The third kappa shape index (κ3) is 3.32. The molecule has 1 aromatic rings. The summed E-state index contributed by atoms with van der Waals surface area (Å²) in [4.78, 5) is 6.69. The van der Waals surface area contributed by atoms with Gasteiger partial charge in [-0.2, -0.15) is 0 Å². The Morgan fingerprint density at radius 2 is 2.13 bits per heavy atom. The van der Waals surface area contributed by atoms with Crippen molar-refractivity contribution >= 4 is 21.7 Å². The normalized spacial score (nSPS) is 15.8. The van der Waals surface area contributed by atoms with Crippen molar-refractivity contribution in [1.29, 1.82) is 0 Å². The average Bonchev–Trinajstić information content (AvgIpc) is 2.71. The molecule has 0 bridgehead atoms. The van der Waals surface area contributed by atoms with Crippen molar-refractivity contribution in [2.45, 2.75) is 0 Å². The molecule has 1 aliphatic heterocycles. The molecule has 0 spiro atoms. The fourth-order valence-electron chi connectivity index (χ4n) is 1.55. The van der Waals surface area contributed by atoms with E-state index in [1.165, 1.54) is 0 Å². The lowest BCUT2D eigenvalue weighted by Crippen LogP contribution is -2.26. The maximum absolute atomic E-state index is 4.31. The van der Waals surface area contributed by atoms with E-state index in [0.717, 1.165) is 36.6 Å². The first-order valence-electron chi connectivity index (χ1n) is 5.08. The lowest BCUT2D eigenvalue weighted by Gasteiger charge is -2.14. The van der Waals surface area contributed by atoms with E-state index in [0.29, 0.717) is 0 Å². The van der Waals surface area contributed by atoms with Crippen molar-refractivity contribution in [3.8, 4) is 0 Å². The van der Waals surface area contributed by atoms with Crippen molar-refractivity contribution < 1.29 is 0 Å². The van der Waals surface area contributed by atoms with Crippen LogP contribution in [0.1, 0.15) is 0 Å². The third-order valence-electron chi connectivity index (χ3n) is 2.34. The molecule has 15 heavy (non-hydrogen) atoms. The van der Waals surface area contributed by atoms with Gasteiger partial charge in [-0.25, -0.2) is 4.98 Å². The van der Waals surface area contributed by atoms with Crippen molar-refractivity contribution in [3.05, 3.63) is 35.0 Å². The van der Waals surface area contributed by atoms with E-state index in [9.17, 15) is 0 Å². The minimum atomic E-state index is 0.871. The summed E-state index contributed by atoms with van der Waals surface area (Å²) in [6, 6.07) is 5.89. The van der Waals surface area contributed by atoms with Gasteiger partial charge in [0, 0.05) is 26.2 Å². The summed E-state index contributed by atoms with van der Waals surface area (Å²) >= 11 is 3.35. The standard InChI is InChI=1S/C11H14BrN3/c12-10-4-3-5-11(14-10)13-6-9-15-7-1-2-8-15/h1-5H,6-9H2,(H,13,14). The molecule has 0 amide bonds. The highest BCUT2D eigenvalue weighted by molar-refractivity contribution is 9.10. The van der Waals surface area contributed by atoms with Crippen LogP contribution in [-0.2, 0) is 0 Å². The molecular weight excluding hydrogens is 254 g/mol. The van der Waals surface area contributed by atoms with Gasteiger partial charge in [-0.05, 0) is 28.1 Å². The Bertz CT molecular complexity index is 343. The van der Waals surface area contributed by atoms with E-state index in [2.05, 4.69) is 43.3 Å². The predicted molar refractivity (Wildman–Crippen MR) is 66.0 cm³/mol. The van der Waals surface area contributed by atoms with Gasteiger partial charge < -0.3 is 5.32 Å². The van der Waals surface area contributed by atoms with Crippen LogP contribution in [-0.4, -0.2) is 36.1 Å². The lowest BCUT2D eigenvalue weighted by atomic mass is 10.4. The van der Waals surface area contributed by atoms with E-state index >= 15 is 0 Å². The fourth-order valence-corrected chi connectivity index (χ4v) is 1.90. The summed E-state index contributed by atoms with van der Waals surface area (Å²) in [6.07, 6.45) is 4.41. The van der Waals surface area contributed by atoms with Gasteiger partial charge in [0.05, 0.1) is 0 Å². The summed E-state index contributed by atoms with van der Waals surface area (Å²) in [5, 5.41) is 3.30. The number of hydrogen-bond donors (Lipinski definition) is 1. The first-order chi connectivity index (χ1) is 7.34. The molecule has 1 aliphatic rings. The van der Waals surface area contributed by atoms with Gasteiger partial charge in [0.2, 0.25) is 0 Å². The minimum absolute atomic E-state index is 0.871. The average molecular weight is 268 g/mol. The van der Waals surface area contributed by atoms with Crippen LogP contribution >= 0.6 is 15.9 Å². The summed E-state index contributed by atoms with van der Waals surface area (Å²) < 4.78 is 0.871. The largest absolute Gasteiger partial charge is 0.369 e. The molecule has 0 aromatic carbocycles. The van der Waals surface area contributed by atoms with Crippen LogP contribution < -0.4 is 5.32 Å². The van der Waals surface area contributed by atoms with Gasteiger partial charge >= 0.3 is 0 Å². The molecular formula is C11H14BrN3. The lowest BCUT2D eigenvalue weighted by molar-refractivity contribution is 0.367. The number of hydrogen-bond acceptors (Lipinski definition) is 3. The third-order valence-corrected chi connectivity index (χ3v) is 2.78. The summed E-state index contributed by atoms with van der Waals surface area (Å²) in [5.41, 5.74) is 0. The summed E-state index contributed by atoms with van der Waals surface area (Å²) in [6.45, 7) is 4.15. The van der Waals surface area contributed by atoms with E-state index in [1.54, 1.807) is 0 Å². The van der Waals surface area contributed by atoms with Gasteiger partial charge in [-0.3, -0.25) is 4.90 Å². The zero-order valence-electron chi connectivity index (χ0n) is 8.49.